The van der Waals surface area contributed by atoms with Gasteiger partial charge >= 0.3 is 5.97 Å². The van der Waals surface area contributed by atoms with Gasteiger partial charge in [0.05, 0.1) is 13.0 Å². The first kappa shape index (κ1) is 14.4. The number of nitrogens with zero attached hydrogens (tertiary/aromatic N) is 1. The zero-order chi connectivity index (χ0) is 14.9. The molecular weight excluding hydrogens is 275 g/mol. The summed E-state index contributed by atoms with van der Waals surface area (Å²) < 4.78 is 43.5. The standard InChI is InChI=1S/C13H12F3NO3/c1-20-13(19)8-4-11(18)17(6-8)5-7-2-9(14)12(16)10(15)3-7/h2-3,8H,4-6H2,1H3. The van der Waals surface area contributed by atoms with Crippen molar-refractivity contribution in [3.8, 4) is 0 Å². The Balaban J connectivity index is 2.11. The van der Waals surface area contributed by atoms with Crippen LogP contribution in [0.2, 0.25) is 0 Å². The first-order valence-corrected chi connectivity index (χ1v) is 5.91. The van der Waals surface area contributed by atoms with E-state index in [0.29, 0.717) is 0 Å². The normalized spacial score (nSPS) is 18.5. The third kappa shape index (κ3) is 2.76. The molecule has 1 fully saturated rings. The Labute approximate surface area is 113 Å². The predicted octanol–water partition coefficient (Wildman–Crippen LogP) is 1.63. The first-order chi connectivity index (χ1) is 9.42. The topological polar surface area (TPSA) is 46.6 Å². The number of methoxy groups -OCH3 is 1. The minimum atomic E-state index is -1.55. The second kappa shape index (κ2) is 5.52. The number of carbonyl (C=O) groups excluding carboxylic acids is 2. The molecule has 0 spiro atoms. The van der Waals surface area contributed by atoms with E-state index in [0.717, 1.165) is 12.1 Å². The molecule has 1 amide bonds. The second-order valence-corrected chi connectivity index (χ2v) is 4.57. The van der Waals surface area contributed by atoms with Gasteiger partial charge in [-0.3, -0.25) is 9.59 Å². The summed E-state index contributed by atoms with van der Waals surface area (Å²) in [5.74, 6) is -5.56. The van der Waals surface area contributed by atoms with Crippen LogP contribution in [0.4, 0.5) is 13.2 Å². The third-order valence-electron chi connectivity index (χ3n) is 3.17. The average molecular weight is 287 g/mol. The first-order valence-electron chi connectivity index (χ1n) is 5.91. The third-order valence-corrected chi connectivity index (χ3v) is 3.17. The van der Waals surface area contributed by atoms with E-state index in [1.54, 1.807) is 0 Å². The smallest absolute Gasteiger partial charge is 0.310 e. The summed E-state index contributed by atoms with van der Waals surface area (Å²) in [5, 5.41) is 0. The number of rotatable bonds is 3. The number of halogens is 3. The molecule has 1 heterocycles. The van der Waals surface area contributed by atoms with Gasteiger partial charge in [-0.05, 0) is 17.7 Å². The van der Waals surface area contributed by atoms with Crippen molar-refractivity contribution < 1.29 is 27.5 Å². The van der Waals surface area contributed by atoms with Crippen LogP contribution in [0.15, 0.2) is 12.1 Å². The molecule has 1 atom stereocenters. The maximum atomic E-state index is 13.1. The van der Waals surface area contributed by atoms with Gasteiger partial charge in [-0.15, -0.1) is 0 Å². The van der Waals surface area contributed by atoms with E-state index < -0.39 is 29.3 Å². The molecule has 20 heavy (non-hydrogen) atoms. The quantitative estimate of drug-likeness (QED) is 0.627. The molecule has 0 aliphatic carbocycles. The molecule has 0 saturated carbocycles. The van der Waals surface area contributed by atoms with Crippen LogP contribution in [0.5, 0.6) is 0 Å². The summed E-state index contributed by atoms with van der Waals surface area (Å²) in [7, 11) is 1.22. The Hall–Kier alpha value is -2.05. The van der Waals surface area contributed by atoms with Crippen molar-refractivity contribution in [3.63, 3.8) is 0 Å². The van der Waals surface area contributed by atoms with Crippen LogP contribution < -0.4 is 0 Å². The summed E-state index contributed by atoms with van der Waals surface area (Å²) in [6.45, 7) is 0.0343. The van der Waals surface area contributed by atoms with Gasteiger partial charge in [-0.25, -0.2) is 13.2 Å². The zero-order valence-electron chi connectivity index (χ0n) is 10.7. The van der Waals surface area contributed by atoms with E-state index in [4.69, 9.17) is 0 Å². The number of carbonyl (C=O) groups is 2. The molecule has 0 N–H and O–H groups in total. The Morgan fingerprint density at radius 1 is 1.35 bits per heavy atom. The van der Waals surface area contributed by atoms with Gasteiger partial charge in [0.1, 0.15) is 0 Å². The maximum Gasteiger partial charge on any atom is 0.310 e. The van der Waals surface area contributed by atoms with Crippen LogP contribution in [-0.4, -0.2) is 30.4 Å². The van der Waals surface area contributed by atoms with Crippen LogP contribution >= 0.6 is 0 Å². The molecule has 1 aromatic carbocycles. The molecule has 4 nitrogen and oxygen atoms in total. The van der Waals surface area contributed by atoms with E-state index in [-0.39, 0.29) is 31.0 Å². The van der Waals surface area contributed by atoms with E-state index in [9.17, 15) is 22.8 Å². The van der Waals surface area contributed by atoms with Crippen molar-refractivity contribution in [2.75, 3.05) is 13.7 Å². The Kier molecular flexibility index (Phi) is 3.96. The van der Waals surface area contributed by atoms with Crippen molar-refractivity contribution in [2.24, 2.45) is 5.92 Å². The fraction of sp³-hybridized carbons (Fsp3) is 0.385. The number of amides is 1. The van der Waals surface area contributed by atoms with Gasteiger partial charge in [0.25, 0.3) is 0 Å². The van der Waals surface area contributed by atoms with Gasteiger partial charge in [0.2, 0.25) is 5.91 Å². The SMILES string of the molecule is COC(=O)C1CC(=O)N(Cc2cc(F)c(F)c(F)c2)C1. The predicted molar refractivity (Wildman–Crippen MR) is 61.9 cm³/mol. The van der Waals surface area contributed by atoms with Gasteiger partial charge in [0.15, 0.2) is 17.5 Å². The summed E-state index contributed by atoms with van der Waals surface area (Å²) >= 11 is 0. The Morgan fingerprint density at radius 3 is 2.50 bits per heavy atom. The molecule has 108 valence electrons. The fourth-order valence-corrected chi connectivity index (χ4v) is 2.17. The number of likely N-dealkylation sites (tertiary alicyclic amines) is 1. The number of ether oxygens (including phenoxy) is 1. The molecule has 2 rings (SSSR count). The zero-order valence-corrected chi connectivity index (χ0v) is 10.7. The molecule has 1 aliphatic rings. The summed E-state index contributed by atoms with van der Waals surface area (Å²) in [4.78, 5) is 24.3. The average Bonchev–Trinajstić information content (AvgIpc) is 2.76. The number of esters is 1. The minimum Gasteiger partial charge on any atom is -0.469 e. The van der Waals surface area contributed by atoms with Crippen LogP contribution in [0.3, 0.4) is 0 Å². The van der Waals surface area contributed by atoms with Crippen molar-refractivity contribution in [2.45, 2.75) is 13.0 Å². The molecule has 1 aliphatic heterocycles. The molecule has 0 bridgehead atoms. The Morgan fingerprint density at radius 2 is 1.95 bits per heavy atom. The molecule has 1 aromatic rings. The molecule has 1 saturated heterocycles. The van der Waals surface area contributed by atoms with E-state index in [1.165, 1.54) is 12.0 Å². The summed E-state index contributed by atoms with van der Waals surface area (Å²) in [5.41, 5.74) is 0.125. The molecule has 7 heteroatoms. The number of benzene rings is 1. The molecule has 0 radical (unpaired) electrons. The lowest BCUT2D eigenvalue weighted by Gasteiger charge is -2.16. The summed E-state index contributed by atoms with van der Waals surface area (Å²) in [6, 6.07) is 1.66. The van der Waals surface area contributed by atoms with Crippen LogP contribution in [0.1, 0.15) is 12.0 Å². The van der Waals surface area contributed by atoms with E-state index in [1.807, 2.05) is 0 Å². The van der Waals surface area contributed by atoms with Crippen molar-refractivity contribution in [1.29, 1.82) is 0 Å². The molecule has 1 unspecified atom stereocenters. The van der Waals surface area contributed by atoms with E-state index in [2.05, 4.69) is 4.74 Å². The highest BCUT2D eigenvalue weighted by Crippen LogP contribution is 2.22. The lowest BCUT2D eigenvalue weighted by atomic mass is 10.1. The van der Waals surface area contributed by atoms with Crippen LogP contribution in [0.25, 0.3) is 0 Å². The van der Waals surface area contributed by atoms with Gasteiger partial charge < -0.3 is 9.64 Å². The molecule has 0 aromatic heterocycles. The minimum absolute atomic E-state index is 0.00116. The van der Waals surface area contributed by atoms with Crippen LogP contribution in [0, 0.1) is 23.4 Å². The second-order valence-electron chi connectivity index (χ2n) is 4.57. The van der Waals surface area contributed by atoms with Crippen molar-refractivity contribution >= 4 is 11.9 Å². The highest BCUT2D eigenvalue weighted by Gasteiger charge is 2.35. The van der Waals surface area contributed by atoms with Crippen molar-refractivity contribution in [1.82, 2.24) is 4.90 Å². The van der Waals surface area contributed by atoms with Crippen LogP contribution in [-0.2, 0) is 20.9 Å². The monoisotopic (exact) mass is 287 g/mol. The fourth-order valence-electron chi connectivity index (χ4n) is 2.17. The summed E-state index contributed by atoms with van der Waals surface area (Å²) in [6.07, 6.45) is -0.00116. The largest absolute Gasteiger partial charge is 0.469 e. The highest BCUT2D eigenvalue weighted by atomic mass is 19.2. The van der Waals surface area contributed by atoms with E-state index >= 15 is 0 Å². The lowest BCUT2D eigenvalue weighted by Crippen LogP contribution is -2.26. The van der Waals surface area contributed by atoms with Gasteiger partial charge in [-0.1, -0.05) is 0 Å². The maximum absolute atomic E-state index is 13.1. The van der Waals surface area contributed by atoms with Crippen molar-refractivity contribution in [3.05, 3.63) is 35.1 Å². The number of hydrogen-bond acceptors (Lipinski definition) is 3. The lowest BCUT2D eigenvalue weighted by molar-refractivity contribution is -0.145. The molecular formula is C13H12F3NO3. The number of hydrogen-bond donors (Lipinski definition) is 0. The van der Waals surface area contributed by atoms with Gasteiger partial charge in [0, 0.05) is 19.5 Å². The Bertz CT molecular complexity index is 539. The van der Waals surface area contributed by atoms with Gasteiger partial charge in [-0.2, -0.15) is 0 Å². The highest BCUT2D eigenvalue weighted by molar-refractivity contribution is 5.86.